The maximum atomic E-state index is 5.07. The largest absolute Gasteiger partial charge is 0.480 e. The lowest BCUT2D eigenvalue weighted by atomic mass is 10.0. The van der Waals surface area contributed by atoms with Crippen LogP contribution in [0.2, 0.25) is 0 Å². The van der Waals surface area contributed by atoms with Gasteiger partial charge in [0.25, 0.3) is 0 Å². The molecule has 0 saturated carbocycles. The second kappa shape index (κ2) is 4.86. The van der Waals surface area contributed by atoms with Crippen LogP contribution in [0.1, 0.15) is 4.88 Å². The lowest BCUT2D eigenvalue weighted by Crippen LogP contribution is -2.13. The molecule has 1 fully saturated rings. The number of aromatic nitrogens is 1. The van der Waals surface area contributed by atoms with E-state index in [1.807, 2.05) is 17.8 Å². The summed E-state index contributed by atoms with van der Waals surface area (Å²) in [5, 5.41) is 0. The molecule has 0 bridgehead atoms. The third-order valence-corrected chi connectivity index (χ3v) is 5.88. The molecule has 0 spiro atoms. The Hall–Kier alpha value is 0.260. The first-order chi connectivity index (χ1) is 6.79. The van der Waals surface area contributed by atoms with Crippen LogP contribution in [0.25, 0.3) is 0 Å². The predicted molar refractivity (Wildman–Crippen MR) is 65.9 cm³/mol. The van der Waals surface area contributed by atoms with Crippen molar-refractivity contribution >= 4 is 39.2 Å². The van der Waals surface area contributed by atoms with Crippen molar-refractivity contribution in [2.24, 2.45) is 5.92 Å². The quantitative estimate of drug-likeness (QED) is 0.800. The number of thioether (sulfide) groups is 1. The number of alkyl halides is 1. The summed E-state index contributed by atoms with van der Waals surface area (Å²) in [4.78, 5) is 2.00. The molecule has 0 radical (unpaired) electrons. The van der Waals surface area contributed by atoms with Gasteiger partial charge in [0, 0.05) is 21.5 Å². The molecule has 1 saturated heterocycles. The molecule has 0 aliphatic carbocycles. The van der Waals surface area contributed by atoms with Crippen LogP contribution < -0.4 is 4.74 Å². The number of halogens is 1. The fourth-order valence-corrected chi connectivity index (χ4v) is 4.75. The molecule has 1 aromatic rings. The molecule has 2 unspecified atom stereocenters. The van der Waals surface area contributed by atoms with Crippen molar-refractivity contribution in [2.75, 3.05) is 18.6 Å². The second-order valence-corrected chi connectivity index (χ2v) is 6.49. The summed E-state index contributed by atoms with van der Waals surface area (Å²) < 4.78 is 9.27. The van der Waals surface area contributed by atoms with Crippen LogP contribution in [-0.4, -0.2) is 27.8 Å². The summed E-state index contributed by atoms with van der Waals surface area (Å²) in [6.45, 7) is 0. The van der Waals surface area contributed by atoms with E-state index in [1.54, 1.807) is 18.6 Å². The van der Waals surface area contributed by atoms with Crippen LogP contribution in [-0.2, 0) is 6.42 Å². The van der Waals surface area contributed by atoms with Crippen LogP contribution in [0.15, 0.2) is 6.07 Å². The zero-order valence-corrected chi connectivity index (χ0v) is 11.1. The van der Waals surface area contributed by atoms with Gasteiger partial charge < -0.3 is 4.74 Å². The van der Waals surface area contributed by atoms with Crippen molar-refractivity contribution in [3.8, 4) is 5.88 Å². The lowest BCUT2D eigenvalue weighted by Gasteiger charge is -2.10. The average Bonchev–Trinajstić information content (AvgIpc) is 2.77. The fourth-order valence-electron chi connectivity index (χ4n) is 1.50. The Morgan fingerprint density at radius 1 is 1.64 bits per heavy atom. The molecule has 2 atom stereocenters. The molecule has 2 heterocycles. The van der Waals surface area contributed by atoms with Crippen LogP contribution in [0.5, 0.6) is 5.88 Å². The molecule has 0 aromatic carbocycles. The van der Waals surface area contributed by atoms with Gasteiger partial charge in [-0.05, 0) is 29.6 Å². The normalized spacial score (nSPS) is 26.7. The molecular formula is C9H12BrNOS2. The fraction of sp³-hybridized carbons (Fsp3) is 0.667. The maximum absolute atomic E-state index is 5.07. The minimum Gasteiger partial charge on any atom is -0.480 e. The molecule has 2 rings (SSSR count). The SMILES string of the molecule is COc1cc(CC2CSCC2Br)sn1. The highest BCUT2D eigenvalue weighted by molar-refractivity contribution is 9.09. The highest BCUT2D eigenvalue weighted by Gasteiger charge is 2.26. The maximum Gasteiger partial charge on any atom is 0.225 e. The van der Waals surface area contributed by atoms with E-state index in [0.717, 1.165) is 18.2 Å². The topological polar surface area (TPSA) is 22.1 Å². The molecule has 1 aliphatic heterocycles. The predicted octanol–water partition coefficient (Wildman–Crippen LogP) is 2.82. The molecule has 5 heteroatoms. The second-order valence-electron chi connectivity index (χ2n) is 3.35. The molecule has 14 heavy (non-hydrogen) atoms. The van der Waals surface area contributed by atoms with E-state index in [0.29, 0.717) is 4.83 Å². The van der Waals surface area contributed by atoms with Crippen molar-refractivity contribution in [1.82, 2.24) is 4.37 Å². The number of ether oxygens (including phenoxy) is 1. The summed E-state index contributed by atoms with van der Waals surface area (Å²) >= 11 is 7.30. The average molecular weight is 294 g/mol. The smallest absolute Gasteiger partial charge is 0.225 e. The van der Waals surface area contributed by atoms with Crippen molar-refractivity contribution in [3.63, 3.8) is 0 Å². The van der Waals surface area contributed by atoms with E-state index in [-0.39, 0.29) is 0 Å². The summed E-state index contributed by atoms with van der Waals surface area (Å²) in [5.41, 5.74) is 0. The van der Waals surface area contributed by atoms with Crippen LogP contribution in [0.3, 0.4) is 0 Å². The molecule has 2 nitrogen and oxygen atoms in total. The van der Waals surface area contributed by atoms with Gasteiger partial charge in [0.15, 0.2) is 0 Å². The number of hydrogen-bond acceptors (Lipinski definition) is 4. The third-order valence-electron chi connectivity index (χ3n) is 2.33. The van der Waals surface area contributed by atoms with Gasteiger partial charge in [-0.25, -0.2) is 0 Å². The van der Waals surface area contributed by atoms with Crippen LogP contribution in [0.4, 0.5) is 0 Å². The molecular weight excluding hydrogens is 282 g/mol. The molecule has 0 amide bonds. The van der Waals surface area contributed by atoms with Crippen LogP contribution >= 0.6 is 39.2 Å². The standard InChI is InChI=1S/C9H12BrNOS2/c1-12-9-3-7(14-11-9)2-6-4-13-5-8(6)10/h3,6,8H,2,4-5H2,1H3. The zero-order chi connectivity index (χ0) is 9.97. The Labute approximate surface area is 101 Å². The van der Waals surface area contributed by atoms with Gasteiger partial charge >= 0.3 is 0 Å². The van der Waals surface area contributed by atoms with E-state index in [1.165, 1.54) is 16.4 Å². The Morgan fingerprint density at radius 3 is 3.07 bits per heavy atom. The summed E-state index contributed by atoms with van der Waals surface area (Å²) in [7, 11) is 1.66. The molecule has 0 N–H and O–H groups in total. The highest BCUT2D eigenvalue weighted by atomic mass is 79.9. The minimum absolute atomic E-state index is 0.667. The first kappa shape index (κ1) is 10.8. The number of nitrogens with zero attached hydrogens (tertiary/aromatic N) is 1. The summed E-state index contributed by atoms with van der Waals surface area (Å²) in [5.74, 6) is 4.00. The van der Waals surface area contributed by atoms with Gasteiger partial charge in [-0.1, -0.05) is 15.9 Å². The number of hydrogen-bond donors (Lipinski definition) is 0. The van der Waals surface area contributed by atoms with Crippen molar-refractivity contribution in [1.29, 1.82) is 0 Å². The van der Waals surface area contributed by atoms with E-state index in [2.05, 4.69) is 20.3 Å². The Morgan fingerprint density at radius 2 is 2.50 bits per heavy atom. The van der Waals surface area contributed by atoms with Crippen molar-refractivity contribution < 1.29 is 4.74 Å². The van der Waals surface area contributed by atoms with Gasteiger partial charge in [0.1, 0.15) is 0 Å². The van der Waals surface area contributed by atoms with E-state index in [9.17, 15) is 0 Å². The van der Waals surface area contributed by atoms with Gasteiger partial charge in [0.05, 0.1) is 7.11 Å². The Kier molecular flexibility index (Phi) is 3.73. The van der Waals surface area contributed by atoms with E-state index in [4.69, 9.17) is 4.74 Å². The summed E-state index contributed by atoms with van der Waals surface area (Å²) in [6, 6.07) is 2.05. The highest BCUT2D eigenvalue weighted by Crippen LogP contribution is 2.33. The minimum atomic E-state index is 0.667. The first-order valence-corrected chi connectivity index (χ1v) is 7.35. The van der Waals surface area contributed by atoms with Gasteiger partial charge in [-0.15, -0.1) is 0 Å². The molecule has 1 aromatic heterocycles. The van der Waals surface area contributed by atoms with Crippen LogP contribution in [0, 0.1) is 5.92 Å². The third kappa shape index (κ3) is 2.44. The van der Waals surface area contributed by atoms with Crippen molar-refractivity contribution in [2.45, 2.75) is 11.2 Å². The summed E-state index contributed by atoms with van der Waals surface area (Å²) in [6.07, 6.45) is 1.13. The first-order valence-electron chi connectivity index (χ1n) is 4.51. The Bertz CT molecular complexity index is 305. The van der Waals surface area contributed by atoms with Crippen molar-refractivity contribution in [3.05, 3.63) is 10.9 Å². The Balaban J connectivity index is 1.96. The lowest BCUT2D eigenvalue weighted by molar-refractivity contribution is 0.402. The monoisotopic (exact) mass is 293 g/mol. The molecule has 1 aliphatic rings. The van der Waals surface area contributed by atoms with Gasteiger partial charge in [-0.3, -0.25) is 0 Å². The van der Waals surface area contributed by atoms with E-state index >= 15 is 0 Å². The van der Waals surface area contributed by atoms with Gasteiger partial charge in [-0.2, -0.15) is 16.1 Å². The number of rotatable bonds is 3. The molecule has 78 valence electrons. The number of methoxy groups -OCH3 is 1. The van der Waals surface area contributed by atoms with E-state index < -0.39 is 0 Å². The van der Waals surface area contributed by atoms with Gasteiger partial charge in [0.2, 0.25) is 5.88 Å². The zero-order valence-electron chi connectivity index (χ0n) is 7.90.